The minimum atomic E-state index is -0.770. The summed E-state index contributed by atoms with van der Waals surface area (Å²) in [6, 6.07) is 13.6. The van der Waals surface area contributed by atoms with Crippen molar-refractivity contribution in [3.63, 3.8) is 0 Å². The molecule has 0 unspecified atom stereocenters. The third-order valence-electron chi connectivity index (χ3n) is 4.03. The molecule has 1 heterocycles. The Kier molecular flexibility index (Phi) is 5.01. The Bertz CT molecular complexity index is 739. The Morgan fingerprint density at radius 1 is 1.04 bits per heavy atom. The van der Waals surface area contributed by atoms with Crippen molar-refractivity contribution in [3.05, 3.63) is 71.8 Å². The van der Waals surface area contributed by atoms with Crippen LogP contribution in [0.5, 0.6) is 0 Å². The highest BCUT2D eigenvalue weighted by Gasteiger charge is 2.17. The first-order chi connectivity index (χ1) is 11.6. The number of anilines is 1. The zero-order valence-corrected chi connectivity index (χ0v) is 13.1. The summed E-state index contributed by atoms with van der Waals surface area (Å²) in [5, 5.41) is 2.32. The maximum absolute atomic E-state index is 13.6. The molecule has 124 valence electrons. The lowest BCUT2D eigenvalue weighted by atomic mass is 10.00. The average Bonchev–Trinajstić information content (AvgIpc) is 2.60. The highest BCUT2D eigenvalue weighted by molar-refractivity contribution is 5.92. The Balaban J connectivity index is 1.58. The van der Waals surface area contributed by atoms with Gasteiger partial charge in [-0.3, -0.25) is 9.69 Å². The van der Waals surface area contributed by atoms with Gasteiger partial charge in [-0.05, 0) is 29.7 Å². The van der Waals surface area contributed by atoms with Crippen molar-refractivity contribution in [2.75, 3.05) is 25.0 Å². The first kappa shape index (κ1) is 16.3. The van der Waals surface area contributed by atoms with Gasteiger partial charge in [0.2, 0.25) is 5.91 Å². The van der Waals surface area contributed by atoms with Crippen molar-refractivity contribution in [2.24, 2.45) is 0 Å². The second-order valence-corrected chi connectivity index (χ2v) is 5.73. The van der Waals surface area contributed by atoms with Crippen LogP contribution in [0.15, 0.2) is 54.6 Å². The highest BCUT2D eigenvalue weighted by atomic mass is 19.1. The smallest absolute Gasteiger partial charge is 0.238 e. The van der Waals surface area contributed by atoms with E-state index in [4.69, 9.17) is 0 Å². The lowest BCUT2D eigenvalue weighted by Gasteiger charge is -2.26. The predicted molar refractivity (Wildman–Crippen MR) is 90.5 cm³/mol. The molecule has 3 rings (SSSR count). The van der Waals surface area contributed by atoms with Crippen molar-refractivity contribution in [2.45, 2.75) is 6.42 Å². The molecule has 1 N–H and O–H groups in total. The molecule has 0 aliphatic carbocycles. The molecule has 0 saturated heterocycles. The van der Waals surface area contributed by atoms with Crippen LogP contribution in [0.1, 0.15) is 12.0 Å². The van der Waals surface area contributed by atoms with Crippen LogP contribution in [0.25, 0.3) is 5.57 Å². The van der Waals surface area contributed by atoms with Gasteiger partial charge in [-0.25, -0.2) is 8.78 Å². The molecule has 0 bridgehead atoms. The number of nitrogens with one attached hydrogen (secondary N) is 1. The molecule has 2 aromatic carbocycles. The van der Waals surface area contributed by atoms with Gasteiger partial charge in [0.1, 0.15) is 17.3 Å². The number of hydrogen-bond donors (Lipinski definition) is 1. The number of benzene rings is 2. The number of halogens is 2. The van der Waals surface area contributed by atoms with E-state index in [2.05, 4.69) is 23.5 Å². The number of hydrogen-bond acceptors (Lipinski definition) is 2. The van der Waals surface area contributed by atoms with E-state index in [9.17, 15) is 13.6 Å². The van der Waals surface area contributed by atoms with Crippen LogP contribution >= 0.6 is 0 Å². The van der Waals surface area contributed by atoms with Crippen molar-refractivity contribution >= 4 is 17.2 Å². The fourth-order valence-corrected chi connectivity index (χ4v) is 2.77. The molecule has 0 spiro atoms. The number of amides is 1. The minimum Gasteiger partial charge on any atom is -0.320 e. The van der Waals surface area contributed by atoms with Gasteiger partial charge < -0.3 is 5.32 Å². The molecule has 0 atom stereocenters. The summed E-state index contributed by atoms with van der Waals surface area (Å²) in [6.45, 7) is 1.47. The lowest BCUT2D eigenvalue weighted by Crippen LogP contribution is -2.36. The molecule has 0 aromatic heterocycles. The normalized spacial score (nSPS) is 15.0. The number of nitrogens with zero attached hydrogens (tertiary/aromatic N) is 1. The molecule has 1 aliphatic rings. The molecular formula is C19H18F2N2O. The quantitative estimate of drug-likeness (QED) is 0.928. The van der Waals surface area contributed by atoms with Gasteiger partial charge in [0.05, 0.1) is 6.54 Å². The third kappa shape index (κ3) is 3.86. The van der Waals surface area contributed by atoms with Crippen molar-refractivity contribution in [1.29, 1.82) is 0 Å². The van der Waals surface area contributed by atoms with E-state index in [0.717, 1.165) is 25.1 Å². The zero-order chi connectivity index (χ0) is 16.9. The van der Waals surface area contributed by atoms with E-state index in [1.165, 1.54) is 17.2 Å². The minimum absolute atomic E-state index is 0.104. The number of carbonyl (C=O) groups is 1. The second kappa shape index (κ2) is 7.36. The molecule has 24 heavy (non-hydrogen) atoms. The van der Waals surface area contributed by atoms with Crippen molar-refractivity contribution < 1.29 is 13.6 Å². The lowest BCUT2D eigenvalue weighted by molar-refractivity contribution is -0.117. The van der Waals surface area contributed by atoms with E-state index in [0.29, 0.717) is 6.54 Å². The fourth-order valence-electron chi connectivity index (χ4n) is 2.77. The second-order valence-electron chi connectivity index (χ2n) is 5.73. The molecule has 2 aromatic rings. The predicted octanol–water partition coefficient (Wildman–Crippen LogP) is 3.69. The molecule has 1 amide bonds. The summed E-state index contributed by atoms with van der Waals surface area (Å²) >= 11 is 0. The molecule has 0 fully saturated rings. The summed E-state index contributed by atoms with van der Waals surface area (Å²) < 4.78 is 27.1. The van der Waals surface area contributed by atoms with E-state index in [1.807, 2.05) is 23.1 Å². The number of carbonyl (C=O) groups excluding carboxylic acids is 1. The summed E-state index contributed by atoms with van der Waals surface area (Å²) in [6.07, 6.45) is 2.93. The zero-order valence-electron chi connectivity index (χ0n) is 13.1. The number of rotatable bonds is 4. The van der Waals surface area contributed by atoms with Gasteiger partial charge in [0.15, 0.2) is 0 Å². The van der Waals surface area contributed by atoms with Gasteiger partial charge >= 0.3 is 0 Å². The molecule has 0 saturated carbocycles. The third-order valence-corrected chi connectivity index (χ3v) is 4.03. The maximum atomic E-state index is 13.6. The van der Waals surface area contributed by atoms with Crippen LogP contribution in [0, 0.1) is 11.6 Å². The summed E-state index contributed by atoms with van der Waals surface area (Å²) in [4.78, 5) is 14.0. The first-order valence-electron chi connectivity index (χ1n) is 7.84. The summed E-state index contributed by atoms with van der Waals surface area (Å²) in [7, 11) is 0. The Morgan fingerprint density at radius 3 is 2.38 bits per heavy atom. The highest BCUT2D eigenvalue weighted by Crippen LogP contribution is 2.22. The fraction of sp³-hybridized carbons (Fsp3) is 0.211. The first-order valence-corrected chi connectivity index (χ1v) is 7.84. The average molecular weight is 328 g/mol. The van der Waals surface area contributed by atoms with E-state index in [-0.39, 0.29) is 12.2 Å². The van der Waals surface area contributed by atoms with Crippen molar-refractivity contribution in [1.82, 2.24) is 4.90 Å². The molecule has 1 aliphatic heterocycles. The summed E-state index contributed by atoms with van der Waals surface area (Å²) in [5.41, 5.74) is 2.06. The Labute approximate surface area is 139 Å². The molecular weight excluding hydrogens is 310 g/mol. The van der Waals surface area contributed by atoms with Gasteiger partial charge in [0, 0.05) is 13.1 Å². The SMILES string of the molecule is O=C(CN1CC=C(c2ccccc2)CC1)Nc1c(F)cccc1F. The van der Waals surface area contributed by atoms with Gasteiger partial charge in [-0.1, -0.05) is 42.5 Å². The molecule has 0 radical (unpaired) electrons. The largest absolute Gasteiger partial charge is 0.320 e. The van der Waals surface area contributed by atoms with Crippen LogP contribution in [0.2, 0.25) is 0 Å². The van der Waals surface area contributed by atoms with E-state index < -0.39 is 17.5 Å². The van der Waals surface area contributed by atoms with E-state index >= 15 is 0 Å². The van der Waals surface area contributed by atoms with Gasteiger partial charge in [-0.2, -0.15) is 0 Å². The Hall–Kier alpha value is -2.53. The van der Waals surface area contributed by atoms with Crippen LogP contribution < -0.4 is 5.32 Å². The standard InChI is InChI=1S/C19H18F2N2O/c20-16-7-4-8-17(21)19(16)22-18(24)13-23-11-9-15(10-12-23)14-5-2-1-3-6-14/h1-9H,10-13H2,(H,22,24). The van der Waals surface area contributed by atoms with Crippen LogP contribution in [-0.4, -0.2) is 30.4 Å². The maximum Gasteiger partial charge on any atom is 0.238 e. The number of para-hydroxylation sites is 1. The van der Waals surface area contributed by atoms with Gasteiger partial charge in [-0.15, -0.1) is 0 Å². The molecule has 5 heteroatoms. The monoisotopic (exact) mass is 328 g/mol. The topological polar surface area (TPSA) is 32.3 Å². The molecule has 3 nitrogen and oxygen atoms in total. The van der Waals surface area contributed by atoms with E-state index in [1.54, 1.807) is 0 Å². The summed E-state index contributed by atoms with van der Waals surface area (Å²) in [5.74, 6) is -1.96. The van der Waals surface area contributed by atoms with Crippen LogP contribution in [-0.2, 0) is 4.79 Å². The van der Waals surface area contributed by atoms with Crippen LogP contribution in [0.3, 0.4) is 0 Å². The van der Waals surface area contributed by atoms with Crippen molar-refractivity contribution in [3.8, 4) is 0 Å². The van der Waals surface area contributed by atoms with Gasteiger partial charge in [0.25, 0.3) is 0 Å². The Morgan fingerprint density at radius 2 is 1.75 bits per heavy atom. The van der Waals surface area contributed by atoms with Crippen LogP contribution in [0.4, 0.5) is 14.5 Å².